The van der Waals surface area contributed by atoms with Crippen molar-refractivity contribution in [3.8, 4) is 0 Å². The molecule has 1 rings (SSSR count). The summed E-state index contributed by atoms with van der Waals surface area (Å²) in [6.07, 6.45) is 0. The van der Waals surface area contributed by atoms with Crippen molar-refractivity contribution in [2.45, 2.75) is 11.8 Å². The molecule has 4 nitrogen and oxygen atoms in total. The summed E-state index contributed by atoms with van der Waals surface area (Å²) in [5.41, 5.74) is 7.54. The van der Waals surface area contributed by atoms with Crippen LogP contribution in [0.5, 0.6) is 0 Å². The SMILES string of the molecule is CN=C(N)N(C)/N=C(\C)c1ccc(S)cc1. The van der Waals surface area contributed by atoms with Gasteiger partial charge in [-0.1, -0.05) is 12.1 Å². The predicted octanol–water partition coefficient (Wildman–Crippen LogP) is 1.58. The zero-order chi connectivity index (χ0) is 12.1. The molecule has 0 heterocycles. The van der Waals surface area contributed by atoms with Gasteiger partial charge in [0.1, 0.15) is 0 Å². The fourth-order valence-corrected chi connectivity index (χ4v) is 1.33. The largest absolute Gasteiger partial charge is 0.368 e. The van der Waals surface area contributed by atoms with Crippen LogP contribution >= 0.6 is 12.6 Å². The van der Waals surface area contributed by atoms with Crippen LogP contribution in [0.15, 0.2) is 39.3 Å². The fraction of sp³-hybridized carbons (Fsp3) is 0.273. The Bertz CT molecular complexity index is 408. The molecule has 0 saturated carbocycles. The molecule has 2 N–H and O–H groups in total. The first-order valence-corrected chi connectivity index (χ1v) is 5.30. The van der Waals surface area contributed by atoms with Crippen molar-refractivity contribution in [1.29, 1.82) is 0 Å². The van der Waals surface area contributed by atoms with Crippen molar-refractivity contribution in [2.75, 3.05) is 14.1 Å². The van der Waals surface area contributed by atoms with E-state index < -0.39 is 0 Å². The lowest BCUT2D eigenvalue weighted by atomic mass is 10.1. The van der Waals surface area contributed by atoms with E-state index in [0.717, 1.165) is 16.2 Å². The maximum absolute atomic E-state index is 5.62. The van der Waals surface area contributed by atoms with Crippen LogP contribution in [0, 0.1) is 0 Å². The third-order valence-electron chi connectivity index (χ3n) is 2.15. The van der Waals surface area contributed by atoms with Crippen molar-refractivity contribution >= 4 is 24.3 Å². The van der Waals surface area contributed by atoms with Gasteiger partial charge in [0.25, 0.3) is 0 Å². The quantitative estimate of drug-likeness (QED) is 0.354. The van der Waals surface area contributed by atoms with E-state index in [-0.39, 0.29) is 0 Å². The summed E-state index contributed by atoms with van der Waals surface area (Å²) in [6, 6.07) is 7.78. The minimum Gasteiger partial charge on any atom is -0.368 e. The third-order valence-corrected chi connectivity index (χ3v) is 2.44. The summed E-state index contributed by atoms with van der Waals surface area (Å²) in [4.78, 5) is 4.78. The average molecular weight is 236 g/mol. The fourth-order valence-electron chi connectivity index (χ4n) is 1.18. The monoisotopic (exact) mass is 236 g/mol. The van der Waals surface area contributed by atoms with Crippen LogP contribution in [0.4, 0.5) is 0 Å². The number of hydrogen-bond donors (Lipinski definition) is 2. The Labute approximate surface area is 101 Å². The summed E-state index contributed by atoms with van der Waals surface area (Å²) in [5, 5.41) is 5.86. The summed E-state index contributed by atoms with van der Waals surface area (Å²) < 4.78 is 0. The van der Waals surface area contributed by atoms with Crippen molar-refractivity contribution in [3.63, 3.8) is 0 Å². The Kier molecular flexibility index (Phi) is 4.37. The minimum absolute atomic E-state index is 0.380. The van der Waals surface area contributed by atoms with Gasteiger partial charge in [-0.2, -0.15) is 5.10 Å². The second-order valence-electron chi connectivity index (χ2n) is 3.34. The number of nitrogens with two attached hydrogens (primary N) is 1. The highest BCUT2D eigenvalue weighted by molar-refractivity contribution is 7.80. The number of thiol groups is 1. The first-order valence-electron chi connectivity index (χ1n) is 4.85. The molecule has 0 aliphatic heterocycles. The molecule has 16 heavy (non-hydrogen) atoms. The van der Waals surface area contributed by atoms with E-state index in [4.69, 9.17) is 5.73 Å². The lowest BCUT2D eigenvalue weighted by Gasteiger charge is -2.12. The molecule has 0 aliphatic rings. The molecule has 0 bridgehead atoms. The molecule has 0 amide bonds. The smallest absolute Gasteiger partial charge is 0.211 e. The van der Waals surface area contributed by atoms with E-state index in [1.54, 1.807) is 19.1 Å². The van der Waals surface area contributed by atoms with Gasteiger partial charge >= 0.3 is 0 Å². The molecular formula is C11H16N4S. The molecule has 86 valence electrons. The van der Waals surface area contributed by atoms with Crippen molar-refractivity contribution in [2.24, 2.45) is 15.8 Å². The molecule has 0 saturated heterocycles. The Morgan fingerprint density at radius 2 is 1.88 bits per heavy atom. The second kappa shape index (κ2) is 5.55. The maximum atomic E-state index is 5.62. The molecule has 1 aromatic rings. The lowest BCUT2D eigenvalue weighted by Crippen LogP contribution is -2.30. The Hall–Kier alpha value is -1.49. The van der Waals surface area contributed by atoms with Gasteiger partial charge in [0, 0.05) is 19.0 Å². The van der Waals surface area contributed by atoms with E-state index in [1.165, 1.54) is 0 Å². The summed E-state index contributed by atoms with van der Waals surface area (Å²) in [6.45, 7) is 1.92. The average Bonchev–Trinajstić information content (AvgIpc) is 2.28. The summed E-state index contributed by atoms with van der Waals surface area (Å²) >= 11 is 4.23. The number of hydrazone groups is 1. The Morgan fingerprint density at radius 1 is 1.31 bits per heavy atom. The van der Waals surface area contributed by atoms with Crippen LogP contribution in [0.2, 0.25) is 0 Å². The van der Waals surface area contributed by atoms with Crippen molar-refractivity contribution in [3.05, 3.63) is 29.8 Å². The molecule has 0 spiro atoms. The maximum Gasteiger partial charge on any atom is 0.211 e. The van der Waals surface area contributed by atoms with Gasteiger partial charge in [-0.15, -0.1) is 12.6 Å². The Morgan fingerprint density at radius 3 is 2.38 bits per heavy atom. The molecule has 1 aromatic carbocycles. The number of rotatable bonds is 2. The highest BCUT2D eigenvalue weighted by Crippen LogP contribution is 2.09. The summed E-state index contributed by atoms with van der Waals surface area (Å²) in [7, 11) is 3.39. The van der Waals surface area contributed by atoms with Gasteiger partial charge in [-0.3, -0.25) is 4.99 Å². The minimum atomic E-state index is 0.380. The predicted molar refractivity (Wildman–Crippen MR) is 71.2 cm³/mol. The Balaban J connectivity index is 2.89. The van der Waals surface area contributed by atoms with Gasteiger partial charge < -0.3 is 5.73 Å². The molecule has 5 heteroatoms. The molecule has 0 aromatic heterocycles. The van der Waals surface area contributed by atoms with Gasteiger partial charge in [0.05, 0.1) is 5.71 Å². The molecule has 0 aliphatic carbocycles. The van der Waals surface area contributed by atoms with Crippen LogP contribution in [-0.2, 0) is 0 Å². The van der Waals surface area contributed by atoms with Crippen LogP contribution in [0.3, 0.4) is 0 Å². The molecule has 0 atom stereocenters. The lowest BCUT2D eigenvalue weighted by molar-refractivity contribution is 0.536. The first kappa shape index (κ1) is 12.6. The molecule has 0 radical (unpaired) electrons. The molecule has 0 fully saturated rings. The highest BCUT2D eigenvalue weighted by atomic mass is 32.1. The van der Waals surface area contributed by atoms with Crippen molar-refractivity contribution < 1.29 is 0 Å². The zero-order valence-corrected chi connectivity index (χ0v) is 10.6. The van der Waals surface area contributed by atoms with Crippen molar-refractivity contribution in [1.82, 2.24) is 5.01 Å². The second-order valence-corrected chi connectivity index (χ2v) is 3.85. The van der Waals surface area contributed by atoms with E-state index in [2.05, 4.69) is 22.7 Å². The molecule has 0 unspecified atom stereocenters. The molecular weight excluding hydrogens is 220 g/mol. The topological polar surface area (TPSA) is 54.0 Å². The third kappa shape index (κ3) is 3.27. The van der Waals surface area contributed by atoms with Gasteiger partial charge in [0.15, 0.2) is 0 Å². The van der Waals surface area contributed by atoms with E-state index in [0.29, 0.717) is 5.96 Å². The number of benzene rings is 1. The zero-order valence-electron chi connectivity index (χ0n) is 9.68. The normalized spacial score (nSPS) is 12.8. The number of nitrogens with zero attached hydrogens (tertiary/aromatic N) is 3. The standard InChI is InChI=1S/C11H16N4S/c1-8(14-15(3)11(12)13-2)9-4-6-10(16)7-5-9/h4-7,16H,1-3H3,(H2,12,13)/b14-8+. The van der Waals surface area contributed by atoms with Gasteiger partial charge in [-0.25, -0.2) is 5.01 Å². The number of guanidine groups is 1. The first-order chi connectivity index (χ1) is 7.54. The number of hydrogen-bond acceptors (Lipinski definition) is 3. The summed E-state index contributed by atoms with van der Waals surface area (Å²) in [5.74, 6) is 0.380. The van der Waals surface area contributed by atoms with Gasteiger partial charge in [0.2, 0.25) is 5.96 Å². The van der Waals surface area contributed by atoms with E-state index >= 15 is 0 Å². The van der Waals surface area contributed by atoms with Crippen LogP contribution in [0.1, 0.15) is 12.5 Å². The van der Waals surface area contributed by atoms with E-state index in [9.17, 15) is 0 Å². The number of aliphatic imine (C=N–C) groups is 1. The van der Waals surface area contributed by atoms with Crippen LogP contribution < -0.4 is 5.73 Å². The van der Waals surface area contributed by atoms with E-state index in [1.807, 2.05) is 31.2 Å². The van der Waals surface area contributed by atoms with Gasteiger partial charge in [-0.05, 0) is 24.6 Å². The van der Waals surface area contributed by atoms with Crippen LogP contribution in [0.25, 0.3) is 0 Å². The highest BCUT2D eigenvalue weighted by Gasteiger charge is 2.01. The van der Waals surface area contributed by atoms with Crippen LogP contribution in [-0.4, -0.2) is 30.8 Å².